The molecule has 6 nitrogen and oxygen atoms in total. The molecule has 2 unspecified atom stereocenters. The first-order valence-corrected chi connectivity index (χ1v) is 8.90. The molecule has 1 saturated heterocycles. The highest BCUT2D eigenvalue weighted by Gasteiger charge is 2.24. The minimum atomic E-state index is -0.979. The summed E-state index contributed by atoms with van der Waals surface area (Å²) in [7, 11) is 0. The van der Waals surface area contributed by atoms with Gasteiger partial charge in [-0.1, -0.05) is 18.6 Å². The molecule has 142 valence electrons. The third-order valence-corrected chi connectivity index (χ3v) is 4.40. The van der Waals surface area contributed by atoms with Crippen LogP contribution in [0, 0.1) is 5.82 Å². The Labute approximate surface area is 152 Å². The number of carbonyl (C=O) groups is 3. The van der Waals surface area contributed by atoms with Crippen molar-refractivity contribution in [2.45, 2.75) is 51.7 Å². The van der Waals surface area contributed by atoms with Crippen molar-refractivity contribution in [2.24, 2.45) is 0 Å². The largest absolute Gasteiger partial charge is 0.451 e. The van der Waals surface area contributed by atoms with Gasteiger partial charge in [-0.25, -0.2) is 4.39 Å². The maximum Gasteiger partial charge on any atom is 0.326 e. The average Bonchev–Trinajstić information content (AvgIpc) is 2.79. The van der Waals surface area contributed by atoms with Gasteiger partial charge in [0.2, 0.25) is 5.91 Å². The lowest BCUT2D eigenvalue weighted by Gasteiger charge is -2.22. The first-order chi connectivity index (χ1) is 12.4. The summed E-state index contributed by atoms with van der Waals surface area (Å²) in [5, 5.41) is 2.72. The number of carbonyl (C=O) groups excluding carboxylic acids is 3. The van der Waals surface area contributed by atoms with E-state index >= 15 is 0 Å². The van der Waals surface area contributed by atoms with Gasteiger partial charge in [-0.2, -0.15) is 0 Å². The molecule has 0 aromatic heterocycles. The first kappa shape index (κ1) is 19.9. The van der Waals surface area contributed by atoms with Crippen molar-refractivity contribution in [1.82, 2.24) is 10.2 Å². The SMILES string of the molecule is CC(OC(=O)CN1CCCCCC1=O)C(=O)NC(C)c1ccc(F)cc1. The van der Waals surface area contributed by atoms with Crippen LogP contribution in [0.3, 0.4) is 0 Å². The number of rotatable bonds is 6. The van der Waals surface area contributed by atoms with E-state index in [1.165, 1.54) is 24.0 Å². The summed E-state index contributed by atoms with van der Waals surface area (Å²) in [5.74, 6) is -1.45. The second kappa shape index (κ2) is 9.31. The van der Waals surface area contributed by atoms with E-state index in [2.05, 4.69) is 5.32 Å². The van der Waals surface area contributed by atoms with Crippen LogP contribution in [0.4, 0.5) is 4.39 Å². The zero-order chi connectivity index (χ0) is 19.1. The third kappa shape index (κ3) is 5.82. The monoisotopic (exact) mass is 364 g/mol. The predicted octanol–water partition coefficient (Wildman–Crippen LogP) is 2.34. The fraction of sp³-hybridized carbons (Fsp3) is 0.526. The fourth-order valence-corrected chi connectivity index (χ4v) is 2.82. The zero-order valence-electron chi connectivity index (χ0n) is 15.2. The molecule has 2 rings (SSSR count). The van der Waals surface area contributed by atoms with Crippen molar-refractivity contribution in [2.75, 3.05) is 13.1 Å². The minimum absolute atomic E-state index is 0.0542. The number of hydrogen-bond acceptors (Lipinski definition) is 4. The Kier molecular flexibility index (Phi) is 7.12. The number of hydrogen-bond donors (Lipinski definition) is 1. The number of esters is 1. The molecule has 1 N–H and O–H groups in total. The second-order valence-corrected chi connectivity index (χ2v) is 6.54. The lowest BCUT2D eigenvalue weighted by Crippen LogP contribution is -2.41. The molecule has 0 radical (unpaired) electrons. The number of benzene rings is 1. The van der Waals surface area contributed by atoms with Gasteiger partial charge in [0.1, 0.15) is 12.4 Å². The van der Waals surface area contributed by atoms with Crippen molar-refractivity contribution in [3.8, 4) is 0 Å². The Morgan fingerprint density at radius 2 is 1.88 bits per heavy atom. The van der Waals surface area contributed by atoms with Gasteiger partial charge in [0.25, 0.3) is 5.91 Å². The Hall–Kier alpha value is -2.44. The number of likely N-dealkylation sites (tertiary alicyclic amines) is 1. The van der Waals surface area contributed by atoms with Crippen LogP contribution >= 0.6 is 0 Å². The Morgan fingerprint density at radius 1 is 1.19 bits per heavy atom. The molecule has 1 aromatic rings. The highest BCUT2D eigenvalue weighted by atomic mass is 19.1. The summed E-state index contributed by atoms with van der Waals surface area (Å²) >= 11 is 0. The number of amides is 2. The van der Waals surface area contributed by atoms with Crippen LogP contribution in [0.1, 0.15) is 51.1 Å². The lowest BCUT2D eigenvalue weighted by atomic mass is 10.1. The standard InChI is InChI=1S/C19H25FN2O4/c1-13(15-7-9-16(20)10-8-15)21-19(25)14(2)26-18(24)12-22-11-5-3-4-6-17(22)23/h7-10,13-14H,3-6,11-12H2,1-2H3,(H,21,25). The Bertz CT molecular complexity index is 647. The summed E-state index contributed by atoms with van der Waals surface area (Å²) in [5.41, 5.74) is 0.744. The molecule has 1 heterocycles. The molecule has 7 heteroatoms. The van der Waals surface area contributed by atoms with Crippen LogP contribution in [0.2, 0.25) is 0 Å². The molecule has 0 bridgehead atoms. The maximum atomic E-state index is 13.0. The highest BCUT2D eigenvalue weighted by Crippen LogP contribution is 2.14. The summed E-state index contributed by atoms with van der Waals surface area (Å²) in [6.45, 7) is 3.64. The topological polar surface area (TPSA) is 75.7 Å². The summed E-state index contributed by atoms with van der Waals surface area (Å²) < 4.78 is 18.1. The highest BCUT2D eigenvalue weighted by molar-refractivity contribution is 5.86. The van der Waals surface area contributed by atoms with E-state index in [1.54, 1.807) is 19.1 Å². The van der Waals surface area contributed by atoms with E-state index in [4.69, 9.17) is 4.74 Å². The molecule has 0 spiro atoms. The van der Waals surface area contributed by atoms with E-state index in [1.807, 2.05) is 0 Å². The van der Waals surface area contributed by atoms with E-state index in [-0.39, 0.29) is 24.3 Å². The zero-order valence-corrected chi connectivity index (χ0v) is 15.2. The molecular formula is C19H25FN2O4. The quantitative estimate of drug-likeness (QED) is 0.786. The van der Waals surface area contributed by atoms with Crippen molar-refractivity contribution < 1.29 is 23.5 Å². The van der Waals surface area contributed by atoms with Crippen molar-refractivity contribution in [1.29, 1.82) is 0 Å². The van der Waals surface area contributed by atoms with E-state index < -0.39 is 18.0 Å². The van der Waals surface area contributed by atoms with E-state index in [0.717, 1.165) is 24.8 Å². The van der Waals surface area contributed by atoms with Crippen LogP contribution in [-0.4, -0.2) is 41.9 Å². The van der Waals surface area contributed by atoms with Crippen molar-refractivity contribution in [3.05, 3.63) is 35.6 Å². The van der Waals surface area contributed by atoms with Gasteiger partial charge in [0.15, 0.2) is 6.10 Å². The predicted molar refractivity (Wildman–Crippen MR) is 93.6 cm³/mol. The molecule has 2 amide bonds. The first-order valence-electron chi connectivity index (χ1n) is 8.90. The fourth-order valence-electron chi connectivity index (χ4n) is 2.82. The number of halogens is 1. The Morgan fingerprint density at radius 3 is 2.58 bits per heavy atom. The maximum absolute atomic E-state index is 13.0. The molecule has 1 aromatic carbocycles. The molecular weight excluding hydrogens is 339 g/mol. The molecule has 0 saturated carbocycles. The number of nitrogens with one attached hydrogen (secondary N) is 1. The van der Waals surface area contributed by atoms with E-state index in [9.17, 15) is 18.8 Å². The average molecular weight is 364 g/mol. The molecule has 1 fully saturated rings. The Balaban J connectivity index is 1.82. The summed E-state index contributed by atoms with van der Waals surface area (Å²) in [6, 6.07) is 5.46. The summed E-state index contributed by atoms with van der Waals surface area (Å²) in [6.07, 6.45) is 2.14. The molecule has 1 aliphatic heterocycles. The van der Waals surface area contributed by atoms with Gasteiger partial charge >= 0.3 is 5.97 Å². The van der Waals surface area contributed by atoms with E-state index in [0.29, 0.717) is 13.0 Å². The smallest absolute Gasteiger partial charge is 0.326 e. The van der Waals surface area contributed by atoms with Gasteiger partial charge in [0.05, 0.1) is 6.04 Å². The van der Waals surface area contributed by atoms with Crippen molar-refractivity contribution >= 4 is 17.8 Å². The van der Waals surface area contributed by atoms with Crippen LogP contribution in [0.5, 0.6) is 0 Å². The second-order valence-electron chi connectivity index (χ2n) is 6.54. The molecule has 26 heavy (non-hydrogen) atoms. The molecule has 1 aliphatic rings. The van der Waals surface area contributed by atoms with Crippen molar-refractivity contribution in [3.63, 3.8) is 0 Å². The minimum Gasteiger partial charge on any atom is -0.451 e. The van der Waals surface area contributed by atoms with Gasteiger partial charge in [-0.3, -0.25) is 14.4 Å². The number of ether oxygens (including phenoxy) is 1. The van der Waals surface area contributed by atoms with Crippen LogP contribution < -0.4 is 5.32 Å². The molecule has 2 atom stereocenters. The lowest BCUT2D eigenvalue weighted by molar-refractivity contribution is -0.157. The van der Waals surface area contributed by atoms with Crippen LogP contribution in [-0.2, 0) is 19.1 Å². The van der Waals surface area contributed by atoms with Gasteiger partial charge in [-0.05, 0) is 44.4 Å². The third-order valence-electron chi connectivity index (χ3n) is 4.40. The number of nitrogens with zero attached hydrogens (tertiary/aromatic N) is 1. The van der Waals surface area contributed by atoms with Crippen LogP contribution in [0.15, 0.2) is 24.3 Å². The summed E-state index contributed by atoms with van der Waals surface area (Å²) in [4.78, 5) is 37.6. The van der Waals surface area contributed by atoms with Crippen LogP contribution in [0.25, 0.3) is 0 Å². The normalized spacial score (nSPS) is 17.2. The van der Waals surface area contributed by atoms with Gasteiger partial charge in [0, 0.05) is 13.0 Å². The van der Waals surface area contributed by atoms with Gasteiger partial charge in [-0.15, -0.1) is 0 Å². The molecule has 0 aliphatic carbocycles. The van der Waals surface area contributed by atoms with Gasteiger partial charge < -0.3 is 15.0 Å².